The number of halogens is 2. The van der Waals surface area contributed by atoms with Crippen molar-refractivity contribution in [3.8, 4) is 6.07 Å². The van der Waals surface area contributed by atoms with Crippen LogP contribution in [0.5, 0.6) is 0 Å². The molecule has 5 heteroatoms. The topological polar surface area (TPSA) is 52.9 Å². The van der Waals surface area contributed by atoms with Crippen molar-refractivity contribution in [3.63, 3.8) is 0 Å². The minimum atomic E-state index is -0.193. The van der Waals surface area contributed by atoms with Crippen LogP contribution in [0.4, 0.5) is 0 Å². The van der Waals surface area contributed by atoms with Gasteiger partial charge in [0.2, 0.25) is 0 Å². The third-order valence-electron chi connectivity index (χ3n) is 3.07. The molecule has 0 fully saturated rings. The average molecular weight is 364 g/mol. The summed E-state index contributed by atoms with van der Waals surface area (Å²) in [5.41, 5.74) is 2.03. The Morgan fingerprint density at radius 1 is 1.29 bits per heavy atom. The van der Waals surface area contributed by atoms with Gasteiger partial charge >= 0.3 is 0 Å². The predicted octanol–water partition coefficient (Wildman–Crippen LogP) is 4.47. The second-order valence-corrected chi connectivity index (χ2v) is 5.82. The van der Waals surface area contributed by atoms with Crippen LogP contribution in [0.1, 0.15) is 34.5 Å². The second-order valence-electron chi connectivity index (χ2n) is 4.56. The van der Waals surface area contributed by atoms with Gasteiger partial charge in [0, 0.05) is 10.0 Å². The van der Waals surface area contributed by atoms with Gasteiger partial charge in [-0.25, -0.2) is 0 Å². The fourth-order valence-electron chi connectivity index (χ4n) is 1.85. The zero-order valence-electron chi connectivity index (χ0n) is 11.2. The highest BCUT2D eigenvalue weighted by atomic mass is 79.9. The Bertz CT molecular complexity index is 707. The number of rotatable bonds is 3. The first-order chi connectivity index (χ1) is 10.0. The molecule has 106 valence electrons. The van der Waals surface area contributed by atoms with Crippen LogP contribution in [-0.2, 0) is 0 Å². The summed E-state index contributed by atoms with van der Waals surface area (Å²) in [5.74, 6) is -0.193. The summed E-state index contributed by atoms with van der Waals surface area (Å²) in [5, 5.41) is 12.2. The van der Waals surface area contributed by atoms with E-state index < -0.39 is 0 Å². The molecule has 2 aromatic carbocycles. The number of hydrogen-bond acceptors (Lipinski definition) is 2. The molecule has 0 spiro atoms. The Labute approximate surface area is 136 Å². The van der Waals surface area contributed by atoms with E-state index in [2.05, 4.69) is 27.3 Å². The molecule has 0 saturated carbocycles. The molecule has 1 N–H and O–H groups in total. The maximum Gasteiger partial charge on any atom is 0.251 e. The zero-order valence-corrected chi connectivity index (χ0v) is 13.6. The molecule has 2 rings (SSSR count). The fourth-order valence-corrected chi connectivity index (χ4v) is 2.27. The van der Waals surface area contributed by atoms with Crippen molar-refractivity contribution in [1.29, 1.82) is 5.26 Å². The molecule has 0 saturated heterocycles. The Kier molecular flexibility index (Phi) is 5.00. The molecule has 2 aromatic rings. The highest BCUT2D eigenvalue weighted by Gasteiger charge is 2.12. The first kappa shape index (κ1) is 15.6. The second kappa shape index (κ2) is 6.75. The van der Waals surface area contributed by atoms with E-state index in [9.17, 15) is 4.79 Å². The van der Waals surface area contributed by atoms with Gasteiger partial charge in [-0.3, -0.25) is 4.79 Å². The lowest BCUT2D eigenvalue weighted by Gasteiger charge is -2.14. The van der Waals surface area contributed by atoms with Crippen LogP contribution in [0.3, 0.4) is 0 Å². The monoisotopic (exact) mass is 362 g/mol. The molecule has 1 amide bonds. The van der Waals surface area contributed by atoms with Crippen LogP contribution < -0.4 is 5.32 Å². The third kappa shape index (κ3) is 3.84. The van der Waals surface area contributed by atoms with E-state index in [1.54, 1.807) is 30.3 Å². The van der Waals surface area contributed by atoms with Crippen LogP contribution >= 0.6 is 27.5 Å². The number of nitriles is 1. The van der Waals surface area contributed by atoms with E-state index in [0.29, 0.717) is 16.1 Å². The summed E-state index contributed by atoms with van der Waals surface area (Å²) < 4.78 is 0.751. The van der Waals surface area contributed by atoms with E-state index >= 15 is 0 Å². The fraction of sp³-hybridized carbons (Fsp3) is 0.125. The molecule has 0 aliphatic heterocycles. The van der Waals surface area contributed by atoms with Crippen molar-refractivity contribution in [2.75, 3.05) is 0 Å². The molecule has 0 heterocycles. The highest BCUT2D eigenvalue weighted by molar-refractivity contribution is 9.10. The Morgan fingerprint density at radius 2 is 1.95 bits per heavy atom. The minimum absolute atomic E-state index is 0.160. The summed E-state index contributed by atoms with van der Waals surface area (Å²) in [6, 6.07) is 14.1. The van der Waals surface area contributed by atoms with E-state index in [1.807, 2.05) is 19.1 Å². The number of hydrogen-bond donors (Lipinski definition) is 1. The molecule has 3 nitrogen and oxygen atoms in total. The van der Waals surface area contributed by atoms with Crippen LogP contribution in [0.2, 0.25) is 5.02 Å². The number of carbonyl (C=O) groups is 1. The molecular weight excluding hydrogens is 352 g/mol. The Morgan fingerprint density at radius 3 is 2.52 bits per heavy atom. The molecular formula is C16H12BrClN2O. The summed E-state index contributed by atoms with van der Waals surface area (Å²) in [6.45, 7) is 1.89. The van der Waals surface area contributed by atoms with Gasteiger partial charge in [-0.05, 0) is 58.7 Å². The summed E-state index contributed by atoms with van der Waals surface area (Å²) in [7, 11) is 0. The first-order valence-corrected chi connectivity index (χ1v) is 7.44. The van der Waals surface area contributed by atoms with Gasteiger partial charge in [0.25, 0.3) is 5.91 Å². The zero-order chi connectivity index (χ0) is 15.4. The molecule has 1 atom stereocenters. The maximum absolute atomic E-state index is 12.2. The number of nitrogens with zero attached hydrogens (tertiary/aromatic N) is 1. The Hall–Kier alpha value is -1.83. The van der Waals surface area contributed by atoms with Gasteiger partial charge in [0.15, 0.2) is 0 Å². The van der Waals surface area contributed by atoms with Crippen molar-refractivity contribution in [2.24, 2.45) is 0 Å². The average Bonchev–Trinajstić information content (AvgIpc) is 2.50. The van der Waals surface area contributed by atoms with Crippen LogP contribution in [0, 0.1) is 11.3 Å². The van der Waals surface area contributed by atoms with Crippen LogP contribution in [0.15, 0.2) is 46.9 Å². The van der Waals surface area contributed by atoms with Crippen molar-refractivity contribution < 1.29 is 4.79 Å². The standard InChI is InChI=1S/C16H12BrClN2O/c1-10(12-4-2-11(9-19)3-5-12)20-16(21)13-6-7-14(17)15(18)8-13/h2-8,10H,1H3,(H,20,21). The molecule has 0 aliphatic rings. The van der Waals surface area contributed by atoms with Gasteiger partial charge in [-0.15, -0.1) is 0 Å². The lowest BCUT2D eigenvalue weighted by Crippen LogP contribution is -2.26. The smallest absolute Gasteiger partial charge is 0.251 e. The van der Waals surface area contributed by atoms with E-state index in [-0.39, 0.29) is 11.9 Å². The third-order valence-corrected chi connectivity index (χ3v) is 4.30. The molecule has 1 unspecified atom stereocenters. The van der Waals surface area contributed by atoms with Crippen molar-refractivity contribution >= 4 is 33.4 Å². The van der Waals surface area contributed by atoms with Gasteiger partial charge in [0.05, 0.1) is 22.7 Å². The van der Waals surface area contributed by atoms with Gasteiger partial charge in [-0.2, -0.15) is 5.26 Å². The van der Waals surface area contributed by atoms with Crippen LogP contribution in [0.25, 0.3) is 0 Å². The number of benzene rings is 2. The van der Waals surface area contributed by atoms with Gasteiger partial charge < -0.3 is 5.32 Å². The van der Waals surface area contributed by atoms with E-state index in [1.165, 1.54) is 0 Å². The quantitative estimate of drug-likeness (QED) is 0.875. The summed E-state index contributed by atoms with van der Waals surface area (Å²) in [4.78, 5) is 12.2. The lowest BCUT2D eigenvalue weighted by atomic mass is 10.1. The summed E-state index contributed by atoms with van der Waals surface area (Å²) in [6.07, 6.45) is 0. The maximum atomic E-state index is 12.2. The van der Waals surface area contributed by atoms with E-state index in [0.717, 1.165) is 10.0 Å². The van der Waals surface area contributed by atoms with Crippen LogP contribution in [-0.4, -0.2) is 5.91 Å². The van der Waals surface area contributed by atoms with Gasteiger partial charge in [0.1, 0.15) is 0 Å². The lowest BCUT2D eigenvalue weighted by molar-refractivity contribution is 0.0940. The predicted molar refractivity (Wildman–Crippen MR) is 86.2 cm³/mol. The molecule has 0 aromatic heterocycles. The number of amides is 1. The number of nitrogens with one attached hydrogen (secondary N) is 1. The minimum Gasteiger partial charge on any atom is -0.346 e. The van der Waals surface area contributed by atoms with Crippen molar-refractivity contribution in [2.45, 2.75) is 13.0 Å². The van der Waals surface area contributed by atoms with Crippen molar-refractivity contribution in [3.05, 3.63) is 68.7 Å². The SMILES string of the molecule is CC(NC(=O)c1ccc(Br)c(Cl)c1)c1ccc(C#N)cc1. The Balaban J connectivity index is 2.10. The molecule has 0 radical (unpaired) electrons. The largest absolute Gasteiger partial charge is 0.346 e. The van der Waals surface area contributed by atoms with Gasteiger partial charge in [-0.1, -0.05) is 23.7 Å². The summed E-state index contributed by atoms with van der Waals surface area (Å²) >= 11 is 9.28. The molecule has 0 bridgehead atoms. The van der Waals surface area contributed by atoms with E-state index in [4.69, 9.17) is 16.9 Å². The number of carbonyl (C=O) groups excluding carboxylic acids is 1. The first-order valence-electron chi connectivity index (χ1n) is 6.27. The molecule has 21 heavy (non-hydrogen) atoms. The normalized spacial score (nSPS) is 11.5. The highest BCUT2D eigenvalue weighted by Crippen LogP contribution is 2.23. The molecule has 0 aliphatic carbocycles. The van der Waals surface area contributed by atoms with Crippen molar-refractivity contribution in [1.82, 2.24) is 5.32 Å².